The molecule has 6 nitrogen and oxygen atoms in total. The Bertz CT molecular complexity index is 1170. The molecular weight excluding hydrogens is 440 g/mol. The first-order valence-corrected chi connectivity index (χ1v) is 10.7. The van der Waals surface area contributed by atoms with Gasteiger partial charge in [0.25, 0.3) is 11.8 Å². The van der Waals surface area contributed by atoms with Crippen LogP contribution in [0.2, 0.25) is 0 Å². The number of rotatable bonds is 9. The summed E-state index contributed by atoms with van der Waals surface area (Å²) in [5.74, 6) is -1.78. The van der Waals surface area contributed by atoms with Crippen LogP contribution in [0.4, 0.5) is 20.2 Å². The van der Waals surface area contributed by atoms with E-state index in [9.17, 15) is 18.4 Å². The molecule has 0 radical (unpaired) electrons. The molecule has 0 aliphatic carbocycles. The van der Waals surface area contributed by atoms with E-state index in [0.29, 0.717) is 18.8 Å². The lowest BCUT2D eigenvalue weighted by Crippen LogP contribution is -2.34. The highest BCUT2D eigenvalue weighted by molar-refractivity contribution is 6.04. The molecule has 3 aromatic carbocycles. The molecule has 0 aromatic heterocycles. The Hall–Kier alpha value is -3.78. The Morgan fingerprint density at radius 3 is 2.18 bits per heavy atom. The number of nitrogens with one attached hydrogen (secondary N) is 1. The monoisotopic (exact) mass is 467 g/mol. The van der Waals surface area contributed by atoms with Crippen LogP contribution in [-0.2, 0) is 11.3 Å². The number of methoxy groups -OCH3 is 1. The maximum Gasteiger partial charge on any atom is 0.255 e. The highest BCUT2D eigenvalue weighted by Crippen LogP contribution is 2.26. The minimum Gasteiger partial charge on any atom is -0.383 e. The number of nitrogens with zero attached hydrogens (tertiary/aromatic N) is 2. The van der Waals surface area contributed by atoms with E-state index < -0.39 is 17.5 Å². The molecule has 0 saturated heterocycles. The highest BCUT2D eigenvalue weighted by atomic mass is 19.1. The zero-order valence-corrected chi connectivity index (χ0v) is 19.3. The molecule has 178 valence electrons. The maximum absolute atomic E-state index is 13.7. The smallest absolute Gasteiger partial charge is 0.255 e. The topological polar surface area (TPSA) is 61.9 Å². The van der Waals surface area contributed by atoms with Gasteiger partial charge in [-0.3, -0.25) is 9.59 Å². The highest BCUT2D eigenvalue weighted by Gasteiger charge is 2.19. The lowest BCUT2D eigenvalue weighted by Gasteiger charge is -2.26. The molecule has 0 spiro atoms. The molecule has 34 heavy (non-hydrogen) atoms. The molecule has 0 bridgehead atoms. The van der Waals surface area contributed by atoms with Gasteiger partial charge >= 0.3 is 0 Å². The van der Waals surface area contributed by atoms with Gasteiger partial charge in [0.05, 0.1) is 6.61 Å². The number of carbonyl (C=O) groups is 2. The Morgan fingerprint density at radius 1 is 0.912 bits per heavy atom. The Balaban J connectivity index is 1.89. The van der Waals surface area contributed by atoms with Gasteiger partial charge in [-0.2, -0.15) is 0 Å². The van der Waals surface area contributed by atoms with Gasteiger partial charge in [0.15, 0.2) is 0 Å². The standard InChI is InChI=1S/C26H27F2N3O3/c1-30(2)24-11-10-23(29-25(32)18-6-4-8-21(27)14-18)16-20(24)17-31(12-13-34-3)26(33)19-7-5-9-22(28)15-19/h4-11,14-16H,12-13,17H2,1-3H3,(H,29,32). The molecule has 0 saturated carbocycles. The van der Waals surface area contributed by atoms with Crippen molar-refractivity contribution in [2.24, 2.45) is 0 Å². The molecule has 1 N–H and O–H groups in total. The van der Waals surface area contributed by atoms with Gasteiger partial charge < -0.3 is 19.9 Å². The van der Waals surface area contributed by atoms with Crippen LogP contribution in [0.5, 0.6) is 0 Å². The molecule has 0 aliphatic rings. The lowest BCUT2D eigenvalue weighted by atomic mass is 10.1. The van der Waals surface area contributed by atoms with Gasteiger partial charge in [0, 0.05) is 56.8 Å². The second-order valence-electron chi connectivity index (χ2n) is 7.93. The molecule has 3 aromatic rings. The van der Waals surface area contributed by atoms with Crippen molar-refractivity contribution in [3.63, 3.8) is 0 Å². The van der Waals surface area contributed by atoms with Crippen LogP contribution in [0.3, 0.4) is 0 Å². The fourth-order valence-corrected chi connectivity index (χ4v) is 3.52. The van der Waals surface area contributed by atoms with E-state index in [2.05, 4.69) is 5.32 Å². The zero-order chi connectivity index (χ0) is 24.7. The van der Waals surface area contributed by atoms with Crippen molar-refractivity contribution in [2.45, 2.75) is 6.54 Å². The largest absolute Gasteiger partial charge is 0.383 e. The molecular formula is C26H27F2N3O3. The van der Waals surface area contributed by atoms with Gasteiger partial charge in [0.1, 0.15) is 11.6 Å². The second kappa shape index (κ2) is 11.4. The average Bonchev–Trinajstić information content (AvgIpc) is 2.81. The Kier molecular flexibility index (Phi) is 8.32. The third-order valence-corrected chi connectivity index (χ3v) is 5.19. The van der Waals surface area contributed by atoms with Crippen molar-refractivity contribution < 1.29 is 23.1 Å². The molecule has 3 rings (SSSR count). The van der Waals surface area contributed by atoms with Gasteiger partial charge in [-0.1, -0.05) is 12.1 Å². The van der Waals surface area contributed by atoms with Crippen LogP contribution < -0.4 is 10.2 Å². The summed E-state index contributed by atoms with van der Waals surface area (Å²) >= 11 is 0. The number of hydrogen-bond donors (Lipinski definition) is 1. The van der Waals surface area contributed by atoms with Crippen LogP contribution in [0.25, 0.3) is 0 Å². The van der Waals surface area contributed by atoms with E-state index in [1.807, 2.05) is 25.1 Å². The van der Waals surface area contributed by atoms with Crippen LogP contribution >= 0.6 is 0 Å². The van der Waals surface area contributed by atoms with E-state index in [1.54, 1.807) is 30.2 Å². The number of ether oxygens (including phenoxy) is 1. The van der Waals surface area contributed by atoms with E-state index in [0.717, 1.165) is 17.3 Å². The van der Waals surface area contributed by atoms with Crippen molar-refractivity contribution in [1.29, 1.82) is 0 Å². The van der Waals surface area contributed by atoms with E-state index in [1.165, 1.54) is 36.4 Å². The van der Waals surface area contributed by atoms with Crippen molar-refractivity contribution in [3.05, 3.63) is 95.1 Å². The first-order valence-electron chi connectivity index (χ1n) is 10.7. The van der Waals surface area contributed by atoms with E-state index in [-0.39, 0.29) is 23.6 Å². The van der Waals surface area contributed by atoms with Gasteiger partial charge in [-0.05, 0) is 60.2 Å². The third kappa shape index (κ3) is 6.39. The molecule has 0 fully saturated rings. The first kappa shape index (κ1) is 24.9. The minimum atomic E-state index is -0.499. The first-order chi connectivity index (χ1) is 16.3. The molecule has 8 heteroatoms. The third-order valence-electron chi connectivity index (χ3n) is 5.19. The number of hydrogen-bond acceptors (Lipinski definition) is 4. The number of benzene rings is 3. The number of halogens is 2. The fraction of sp³-hybridized carbons (Fsp3) is 0.231. The summed E-state index contributed by atoms with van der Waals surface area (Å²) < 4.78 is 32.4. The molecule has 0 atom stereocenters. The van der Waals surface area contributed by atoms with Gasteiger partial charge in [-0.25, -0.2) is 8.78 Å². The second-order valence-corrected chi connectivity index (χ2v) is 7.93. The summed E-state index contributed by atoms with van der Waals surface area (Å²) in [4.78, 5) is 29.2. The van der Waals surface area contributed by atoms with Crippen LogP contribution in [0, 0.1) is 11.6 Å². The van der Waals surface area contributed by atoms with Crippen molar-refractivity contribution in [1.82, 2.24) is 4.90 Å². The van der Waals surface area contributed by atoms with Crippen LogP contribution in [0.1, 0.15) is 26.3 Å². The number of anilines is 2. The maximum atomic E-state index is 13.7. The fourth-order valence-electron chi connectivity index (χ4n) is 3.52. The van der Waals surface area contributed by atoms with Crippen LogP contribution in [-0.4, -0.2) is 51.1 Å². The van der Waals surface area contributed by atoms with Gasteiger partial charge in [0.2, 0.25) is 0 Å². The minimum absolute atomic E-state index is 0.196. The summed E-state index contributed by atoms with van der Waals surface area (Å²) in [7, 11) is 5.29. The summed E-state index contributed by atoms with van der Waals surface area (Å²) in [6.45, 7) is 0.794. The molecule has 0 unspecified atom stereocenters. The zero-order valence-electron chi connectivity index (χ0n) is 19.3. The molecule has 0 heterocycles. The average molecular weight is 468 g/mol. The van der Waals surface area contributed by atoms with Crippen molar-refractivity contribution in [3.8, 4) is 0 Å². The quantitative estimate of drug-likeness (QED) is 0.501. The summed E-state index contributed by atoms with van der Waals surface area (Å²) in [5, 5.41) is 2.77. The number of amides is 2. The SMILES string of the molecule is COCCN(Cc1cc(NC(=O)c2cccc(F)c2)ccc1N(C)C)C(=O)c1cccc(F)c1. The van der Waals surface area contributed by atoms with Crippen LogP contribution in [0.15, 0.2) is 66.7 Å². The predicted octanol–water partition coefficient (Wildman–Crippen LogP) is 4.57. The Morgan fingerprint density at radius 2 is 1.56 bits per heavy atom. The Labute approximate surface area is 197 Å². The summed E-state index contributed by atoms with van der Waals surface area (Å²) in [5.41, 5.74) is 2.54. The van der Waals surface area contributed by atoms with E-state index >= 15 is 0 Å². The van der Waals surface area contributed by atoms with Crippen molar-refractivity contribution >= 4 is 23.2 Å². The molecule has 2 amide bonds. The van der Waals surface area contributed by atoms with E-state index in [4.69, 9.17) is 4.74 Å². The summed E-state index contributed by atoms with van der Waals surface area (Å²) in [6, 6.07) is 16.3. The number of carbonyl (C=O) groups excluding carboxylic acids is 2. The van der Waals surface area contributed by atoms with Gasteiger partial charge in [-0.15, -0.1) is 0 Å². The normalized spacial score (nSPS) is 10.6. The summed E-state index contributed by atoms with van der Waals surface area (Å²) in [6.07, 6.45) is 0. The molecule has 0 aliphatic heterocycles. The van der Waals surface area contributed by atoms with Crippen molar-refractivity contribution in [2.75, 3.05) is 44.6 Å². The lowest BCUT2D eigenvalue weighted by molar-refractivity contribution is 0.0680. The predicted molar refractivity (Wildman–Crippen MR) is 128 cm³/mol.